The minimum atomic E-state index is -1.28. The van der Waals surface area contributed by atoms with Crippen molar-refractivity contribution in [2.45, 2.75) is 57.3 Å². The molecule has 142 valence electrons. The predicted molar refractivity (Wildman–Crippen MR) is 95.9 cm³/mol. The van der Waals surface area contributed by atoms with Crippen molar-refractivity contribution in [1.29, 1.82) is 0 Å². The zero-order chi connectivity index (χ0) is 18.6. The molecule has 0 spiro atoms. The average Bonchev–Trinajstić information content (AvgIpc) is 2.86. The lowest BCUT2D eigenvalue weighted by Crippen LogP contribution is -2.56. The second-order valence-corrected chi connectivity index (χ2v) is 7.87. The Hall–Kier alpha value is -0.980. The van der Waals surface area contributed by atoms with Gasteiger partial charge in [0.25, 0.3) is 0 Å². The SMILES string of the molecule is CC(C)(O)[C@@H]1CC[C@@](CO)(CCO)[C@@]1(O)CCOCc1ccccc1. The van der Waals surface area contributed by atoms with E-state index < -0.39 is 16.6 Å². The highest BCUT2D eigenvalue weighted by atomic mass is 16.5. The summed E-state index contributed by atoms with van der Waals surface area (Å²) in [6, 6.07) is 9.81. The third-order valence-corrected chi connectivity index (χ3v) is 5.89. The van der Waals surface area contributed by atoms with E-state index in [1.807, 2.05) is 30.3 Å². The van der Waals surface area contributed by atoms with Crippen LogP contribution in [0.25, 0.3) is 0 Å². The van der Waals surface area contributed by atoms with Crippen LogP contribution in [0, 0.1) is 11.3 Å². The van der Waals surface area contributed by atoms with Gasteiger partial charge in [-0.15, -0.1) is 0 Å². The molecule has 0 bridgehead atoms. The molecule has 1 aliphatic rings. The van der Waals surface area contributed by atoms with Gasteiger partial charge in [0.1, 0.15) is 0 Å². The topological polar surface area (TPSA) is 90.2 Å². The Balaban J connectivity index is 2.09. The van der Waals surface area contributed by atoms with Gasteiger partial charge in [-0.2, -0.15) is 0 Å². The molecule has 0 radical (unpaired) electrons. The second-order valence-electron chi connectivity index (χ2n) is 7.87. The maximum atomic E-state index is 11.5. The first-order valence-electron chi connectivity index (χ1n) is 9.07. The van der Waals surface area contributed by atoms with Crippen molar-refractivity contribution >= 4 is 0 Å². The van der Waals surface area contributed by atoms with Gasteiger partial charge in [-0.25, -0.2) is 0 Å². The van der Waals surface area contributed by atoms with Crippen LogP contribution in [0.3, 0.4) is 0 Å². The molecule has 0 heterocycles. The number of rotatable bonds is 9. The average molecular weight is 352 g/mol. The van der Waals surface area contributed by atoms with Crippen LogP contribution in [-0.2, 0) is 11.3 Å². The van der Waals surface area contributed by atoms with Crippen LogP contribution in [0.1, 0.15) is 45.1 Å². The van der Waals surface area contributed by atoms with Crippen LogP contribution in [0.5, 0.6) is 0 Å². The van der Waals surface area contributed by atoms with Gasteiger partial charge in [-0.05, 0) is 38.7 Å². The van der Waals surface area contributed by atoms with Gasteiger partial charge in [0.05, 0.1) is 24.4 Å². The summed E-state index contributed by atoms with van der Waals surface area (Å²) in [7, 11) is 0. The van der Waals surface area contributed by atoms with Crippen LogP contribution in [0.4, 0.5) is 0 Å². The first-order chi connectivity index (χ1) is 11.8. The molecule has 1 aromatic rings. The molecule has 2 rings (SSSR count). The highest BCUT2D eigenvalue weighted by Gasteiger charge is 2.61. The third-order valence-electron chi connectivity index (χ3n) is 5.89. The van der Waals surface area contributed by atoms with E-state index in [9.17, 15) is 20.4 Å². The first kappa shape index (κ1) is 20.3. The maximum absolute atomic E-state index is 11.5. The van der Waals surface area contributed by atoms with Crippen molar-refractivity contribution < 1.29 is 25.2 Å². The monoisotopic (exact) mass is 352 g/mol. The highest BCUT2D eigenvalue weighted by Crippen LogP contribution is 2.56. The van der Waals surface area contributed by atoms with Gasteiger partial charge in [-0.3, -0.25) is 0 Å². The number of benzene rings is 1. The molecule has 0 amide bonds. The Labute approximate surface area is 150 Å². The molecule has 5 heteroatoms. The molecule has 1 fully saturated rings. The molecule has 25 heavy (non-hydrogen) atoms. The highest BCUT2D eigenvalue weighted by molar-refractivity contribution is 5.14. The first-order valence-corrected chi connectivity index (χ1v) is 9.07. The van der Waals surface area contributed by atoms with Gasteiger partial charge in [0.2, 0.25) is 0 Å². The predicted octanol–water partition coefficient (Wildman–Crippen LogP) is 1.87. The smallest absolute Gasteiger partial charge is 0.0803 e. The van der Waals surface area contributed by atoms with Crippen molar-refractivity contribution in [1.82, 2.24) is 0 Å². The molecule has 1 saturated carbocycles. The summed E-state index contributed by atoms with van der Waals surface area (Å²) < 4.78 is 5.74. The summed E-state index contributed by atoms with van der Waals surface area (Å²) in [5.74, 6) is -0.376. The molecule has 3 atom stereocenters. The fourth-order valence-corrected chi connectivity index (χ4v) is 4.46. The molecular formula is C20H32O5. The number of hydrogen-bond donors (Lipinski definition) is 4. The van der Waals surface area contributed by atoms with E-state index >= 15 is 0 Å². The minimum Gasteiger partial charge on any atom is -0.396 e. The van der Waals surface area contributed by atoms with Crippen molar-refractivity contribution in [2.75, 3.05) is 19.8 Å². The standard InChI is InChI=1S/C20H32O5/c1-18(2,23)17-8-9-19(15-22,10-12-21)20(17,24)11-13-25-14-16-6-4-3-5-7-16/h3-7,17,21-24H,8-15H2,1-2H3/t17-,19-,20+/m0/s1. The van der Waals surface area contributed by atoms with E-state index in [0.717, 1.165) is 5.56 Å². The van der Waals surface area contributed by atoms with Crippen LogP contribution in [-0.4, -0.2) is 51.4 Å². The molecule has 1 aliphatic carbocycles. The van der Waals surface area contributed by atoms with Gasteiger partial charge in [0, 0.05) is 31.0 Å². The maximum Gasteiger partial charge on any atom is 0.0803 e. The van der Waals surface area contributed by atoms with E-state index in [0.29, 0.717) is 38.9 Å². The number of hydrogen-bond acceptors (Lipinski definition) is 5. The quantitative estimate of drug-likeness (QED) is 0.510. The normalized spacial score (nSPS) is 29.9. The molecule has 5 nitrogen and oxygen atoms in total. The Morgan fingerprint density at radius 2 is 1.84 bits per heavy atom. The van der Waals surface area contributed by atoms with Crippen molar-refractivity contribution in [2.24, 2.45) is 11.3 Å². The molecule has 0 unspecified atom stereocenters. The van der Waals surface area contributed by atoms with Gasteiger partial charge < -0.3 is 25.2 Å². The summed E-state index contributed by atoms with van der Waals surface area (Å²) in [6.45, 7) is 3.85. The zero-order valence-corrected chi connectivity index (χ0v) is 15.3. The third kappa shape index (κ3) is 4.23. The summed E-state index contributed by atoms with van der Waals surface area (Å²) in [4.78, 5) is 0. The lowest BCUT2D eigenvalue weighted by atomic mass is 9.65. The zero-order valence-electron chi connectivity index (χ0n) is 15.3. The lowest BCUT2D eigenvalue weighted by Gasteiger charge is -2.47. The largest absolute Gasteiger partial charge is 0.396 e. The second kappa shape index (κ2) is 8.14. The molecule has 1 aromatic carbocycles. The molecular weight excluding hydrogens is 320 g/mol. The molecule has 4 N–H and O–H groups in total. The van der Waals surface area contributed by atoms with Crippen molar-refractivity contribution in [3.8, 4) is 0 Å². The molecule has 0 saturated heterocycles. The Morgan fingerprint density at radius 1 is 1.16 bits per heavy atom. The van der Waals surface area contributed by atoms with Crippen molar-refractivity contribution in [3.05, 3.63) is 35.9 Å². The fraction of sp³-hybridized carbons (Fsp3) is 0.700. The fourth-order valence-electron chi connectivity index (χ4n) is 4.46. The summed E-state index contributed by atoms with van der Waals surface area (Å²) in [5, 5.41) is 41.5. The Morgan fingerprint density at radius 3 is 2.40 bits per heavy atom. The van der Waals surface area contributed by atoms with Gasteiger partial charge in [-0.1, -0.05) is 30.3 Å². The summed E-state index contributed by atoms with van der Waals surface area (Å²) in [5.41, 5.74) is -2.09. The van der Waals surface area contributed by atoms with E-state index in [1.54, 1.807) is 13.8 Å². The van der Waals surface area contributed by atoms with E-state index in [4.69, 9.17) is 4.74 Å². The molecule has 0 aromatic heterocycles. The Bertz CT molecular complexity index is 527. The molecule has 0 aliphatic heterocycles. The van der Waals surface area contributed by atoms with Gasteiger partial charge >= 0.3 is 0 Å². The Kier molecular flexibility index (Phi) is 6.62. The number of aliphatic hydroxyl groups is 4. The van der Waals surface area contributed by atoms with Gasteiger partial charge in [0.15, 0.2) is 0 Å². The lowest BCUT2D eigenvalue weighted by molar-refractivity contribution is -0.171. The summed E-state index contributed by atoms with van der Waals surface area (Å²) in [6.07, 6.45) is 1.81. The number of aliphatic hydroxyl groups excluding tert-OH is 2. The van der Waals surface area contributed by atoms with Crippen LogP contribution >= 0.6 is 0 Å². The number of ether oxygens (including phenoxy) is 1. The van der Waals surface area contributed by atoms with Crippen LogP contribution < -0.4 is 0 Å². The minimum absolute atomic E-state index is 0.105. The van der Waals surface area contributed by atoms with Crippen molar-refractivity contribution in [3.63, 3.8) is 0 Å². The summed E-state index contributed by atoms with van der Waals surface area (Å²) >= 11 is 0. The van der Waals surface area contributed by atoms with Crippen LogP contribution in [0.15, 0.2) is 30.3 Å². The van der Waals surface area contributed by atoms with E-state index in [2.05, 4.69) is 0 Å². The van der Waals surface area contributed by atoms with E-state index in [1.165, 1.54) is 0 Å². The van der Waals surface area contributed by atoms with E-state index in [-0.39, 0.29) is 19.1 Å². The van der Waals surface area contributed by atoms with Crippen LogP contribution in [0.2, 0.25) is 0 Å².